The fourth-order valence-corrected chi connectivity index (χ4v) is 3.20. The minimum absolute atomic E-state index is 0.156. The first-order chi connectivity index (χ1) is 8.10. The first-order valence-corrected chi connectivity index (χ1v) is 6.22. The van der Waals surface area contributed by atoms with Crippen molar-refractivity contribution >= 4 is 17.6 Å². The van der Waals surface area contributed by atoms with Crippen LogP contribution in [0, 0.1) is 0 Å². The van der Waals surface area contributed by atoms with Gasteiger partial charge in [0.05, 0.1) is 0 Å². The van der Waals surface area contributed by atoms with E-state index in [-0.39, 0.29) is 11.2 Å². The summed E-state index contributed by atoms with van der Waals surface area (Å²) in [5.41, 5.74) is 0.977. The van der Waals surface area contributed by atoms with Crippen molar-refractivity contribution in [1.82, 2.24) is 0 Å². The Labute approximate surface area is 104 Å². The number of halogens is 1. The van der Waals surface area contributed by atoms with Crippen LogP contribution in [0.25, 0.3) is 0 Å². The maximum atomic E-state index is 11.2. The predicted octanol–water partition coefficient (Wildman–Crippen LogP) is 3.29. The van der Waals surface area contributed by atoms with Gasteiger partial charge in [0, 0.05) is 17.0 Å². The molecule has 3 rings (SSSR count). The molecule has 0 atom stereocenters. The Morgan fingerprint density at radius 3 is 2.71 bits per heavy atom. The summed E-state index contributed by atoms with van der Waals surface area (Å²) in [6.45, 7) is 0. The average molecular weight is 253 g/mol. The zero-order chi connectivity index (χ0) is 12.0. The van der Waals surface area contributed by atoms with Gasteiger partial charge in [-0.15, -0.1) is 0 Å². The van der Waals surface area contributed by atoms with Gasteiger partial charge in [-0.1, -0.05) is 11.6 Å². The second-order valence-corrected chi connectivity index (χ2v) is 5.35. The molecule has 1 N–H and O–H groups in total. The lowest BCUT2D eigenvalue weighted by Gasteiger charge is -2.22. The van der Waals surface area contributed by atoms with Crippen LogP contribution < -0.4 is 4.74 Å². The highest BCUT2D eigenvalue weighted by atomic mass is 35.5. The second-order valence-electron chi connectivity index (χ2n) is 4.92. The van der Waals surface area contributed by atoms with Crippen LogP contribution in [-0.4, -0.2) is 16.7 Å². The van der Waals surface area contributed by atoms with Crippen molar-refractivity contribution in [3.8, 4) is 5.75 Å². The first-order valence-electron chi connectivity index (χ1n) is 5.84. The van der Waals surface area contributed by atoms with E-state index in [2.05, 4.69) is 0 Å². The van der Waals surface area contributed by atoms with E-state index in [1.807, 2.05) is 6.07 Å². The van der Waals surface area contributed by atoms with Gasteiger partial charge >= 0.3 is 5.97 Å². The number of fused-ring (bicyclic) bond motifs is 1. The van der Waals surface area contributed by atoms with Crippen molar-refractivity contribution in [3.05, 3.63) is 28.3 Å². The van der Waals surface area contributed by atoms with Gasteiger partial charge in [-0.3, -0.25) is 0 Å². The molecule has 0 unspecified atom stereocenters. The molecule has 0 saturated heterocycles. The van der Waals surface area contributed by atoms with Crippen LogP contribution in [0.4, 0.5) is 0 Å². The van der Waals surface area contributed by atoms with Gasteiger partial charge in [-0.2, -0.15) is 0 Å². The third kappa shape index (κ3) is 1.69. The zero-order valence-corrected chi connectivity index (χ0v) is 10.1. The van der Waals surface area contributed by atoms with Crippen molar-refractivity contribution in [2.45, 2.75) is 37.7 Å². The fourth-order valence-electron chi connectivity index (χ4n) is 2.96. The molecule has 1 spiro atoms. The molecule has 4 heteroatoms. The molecule has 90 valence electrons. The second kappa shape index (κ2) is 3.64. The van der Waals surface area contributed by atoms with E-state index in [4.69, 9.17) is 21.4 Å². The summed E-state index contributed by atoms with van der Waals surface area (Å²) in [6, 6.07) is 3.30. The van der Waals surface area contributed by atoms with Crippen LogP contribution in [0.1, 0.15) is 41.6 Å². The number of hydrogen-bond donors (Lipinski definition) is 1. The largest absolute Gasteiger partial charge is 0.486 e. The minimum atomic E-state index is -0.973. The molecule has 1 aliphatic carbocycles. The van der Waals surface area contributed by atoms with Gasteiger partial charge in [0.15, 0.2) is 0 Å². The zero-order valence-electron chi connectivity index (χ0n) is 9.33. The average Bonchev–Trinajstić information content (AvgIpc) is 2.84. The van der Waals surface area contributed by atoms with Crippen molar-refractivity contribution in [1.29, 1.82) is 0 Å². The summed E-state index contributed by atoms with van der Waals surface area (Å²) in [5.74, 6) is -0.442. The minimum Gasteiger partial charge on any atom is -0.486 e. The lowest BCUT2D eigenvalue weighted by molar-refractivity contribution is 0.0675. The van der Waals surface area contributed by atoms with E-state index in [1.54, 1.807) is 0 Å². The third-order valence-corrected chi connectivity index (χ3v) is 3.93. The van der Waals surface area contributed by atoms with E-state index in [1.165, 1.54) is 6.07 Å². The Morgan fingerprint density at radius 2 is 2.06 bits per heavy atom. The SMILES string of the molecule is O=C(O)c1cc(Cl)cc2c1OC1(CCCC1)C2. The van der Waals surface area contributed by atoms with Crippen molar-refractivity contribution in [2.75, 3.05) is 0 Å². The van der Waals surface area contributed by atoms with E-state index < -0.39 is 5.97 Å². The number of benzene rings is 1. The Morgan fingerprint density at radius 1 is 1.35 bits per heavy atom. The van der Waals surface area contributed by atoms with Gasteiger partial charge in [-0.25, -0.2) is 4.79 Å². The monoisotopic (exact) mass is 252 g/mol. The summed E-state index contributed by atoms with van der Waals surface area (Å²) in [5, 5.41) is 9.64. The molecular weight excluding hydrogens is 240 g/mol. The molecule has 1 saturated carbocycles. The van der Waals surface area contributed by atoms with Gasteiger partial charge < -0.3 is 9.84 Å². The van der Waals surface area contributed by atoms with E-state index in [9.17, 15) is 4.79 Å². The number of aromatic carboxylic acids is 1. The number of hydrogen-bond acceptors (Lipinski definition) is 2. The van der Waals surface area contributed by atoms with Crippen LogP contribution in [0.15, 0.2) is 12.1 Å². The molecule has 0 amide bonds. The number of carboxylic acids is 1. The summed E-state index contributed by atoms with van der Waals surface area (Å²) >= 11 is 5.95. The van der Waals surface area contributed by atoms with E-state index in [0.717, 1.165) is 37.7 Å². The van der Waals surface area contributed by atoms with E-state index in [0.29, 0.717) is 10.8 Å². The van der Waals surface area contributed by atoms with Crippen LogP contribution in [0.3, 0.4) is 0 Å². The molecule has 0 bridgehead atoms. The van der Waals surface area contributed by atoms with E-state index >= 15 is 0 Å². The van der Waals surface area contributed by atoms with Gasteiger partial charge in [0.25, 0.3) is 0 Å². The van der Waals surface area contributed by atoms with Gasteiger partial charge in [-0.05, 0) is 37.8 Å². The number of rotatable bonds is 1. The molecule has 1 aliphatic heterocycles. The molecule has 1 heterocycles. The Bertz CT molecular complexity index is 490. The fraction of sp³-hybridized carbons (Fsp3) is 0.462. The quantitative estimate of drug-likeness (QED) is 0.834. The molecule has 0 radical (unpaired) electrons. The van der Waals surface area contributed by atoms with Crippen LogP contribution >= 0.6 is 11.6 Å². The molecule has 0 aromatic heterocycles. The number of carbonyl (C=O) groups is 1. The Balaban J connectivity index is 2.07. The van der Waals surface area contributed by atoms with Crippen LogP contribution in [0.5, 0.6) is 5.75 Å². The number of ether oxygens (including phenoxy) is 1. The summed E-state index contributed by atoms with van der Waals surface area (Å²) in [4.78, 5) is 11.2. The van der Waals surface area contributed by atoms with Crippen LogP contribution in [0.2, 0.25) is 5.02 Å². The molecule has 1 fully saturated rings. The normalized spacial score (nSPS) is 20.3. The number of carboxylic acid groups (broad SMARTS) is 1. The Kier molecular flexibility index (Phi) is 2.33. The highest BCUT2D eigenvalue weighted by Gasteiger charge is 2.43. The molecule has 1 aromatic rings. The smallest absolute Gasteiger partial charge is 0.339 e. The van der Waals surface area contributed by atoms with Gasteiger partial charge in [0.1, 0.15) is 16.9 Å². The predicted molar refractivity (Wildman–Crippen MR) is 63.9 cm³/mol. The lowest BCUT2D eigenvalue weighted by Crippen LogP contribution is -2.30. The third-order valence-electron chi connectivity index (χ3n) is 3.71. The molecule has 3 nitrogen and oxygen atoms in total. The summed E-state index contributed by atoms with van der Waals surface area (Å²) in [6.07, 6.45) is 5.13. The van der Waals surface area contributed by atoms with Gasteiger partial charge in [0.2, 0.25) is 0 Å². The molecule has 2 aliphatic rings. The summed E-state index contributed by atoms with van der Waals surface area (Å²) in [7, 11) is 0. The highest BCUT2D eigenvalue weighted by molar-refractivity contribution is 6.31. The lowest BCUT2D eigenvalue weighted by atomic mass is 9.95. The van der Waals surface area contributed by atoms with Crippen LogP contribution in [-0.2, 0) is 6.42 Å². The van der Waals surface area contributed by atoms with Crippen molar-refractivity contribution < 1.29 is 14.6 Å². The summed E-state index contributed by atoms with van der Waals surface area (Å²) < 4.78 is 5.96. The standard InChI is InChI=1S/C13H13ClO3/c14-9-5-8-7-13(3-1-2-4-13)17-11(8)10(6-9)12(15)16/h5-6H,1-4,7H2,(H,15,16). The maximum absolute atomic E-state index is 11.2. The molecular formula is C13H13ClO3. The topological polar surface area (TPSA) is 46.5 Å². The first kappa shape index (κ1) is 10.9. The van der Waals surface area contributed by atoms with Crippen molar-refractivity contribution in [3.63, 3.8) is 0 Å². The van der Waals surface area contributed by atoms with Crippen molar-refractivity contribution in [2.24, 2.45) is 0 Å². The molecule has 17 heavy (non-hydrogen) atoms. The molecule has 1 aromatic carbocycles. The maximum Gasteiger partial charge on any atom is 0.339 e. The Hall–Kier alpha value is -1.22. The highest BCUT2D eigenvalue weighted by Crippen LogP contribution is 2.46.